The summed E-state index contributed by atoms with van der Waals surface area (Å²) in [5.74, 6) is -0.182. The summed E-state index contributed by atoms with van der Waals surface area (Å²) >= 11 is 0. The molecule has 0 aliphatic carbocycles. The van der Waals surface area contributed by atoms with Crippen LogP contribution in [-0.4, -0.2) is 63.8 Å². The molecule has 9 heteroatoms. The van der Waals surface area contributed by atoms with Gasteiger partial charge in [0.2, 0.25) is 0 Å². The van der Waals surface area contributed by atoms with Gasteiger partial charge in [0.1, 0.15) is 6.04 Å². The minimum atomic E-state index is -0.758. The predicted molar refractivity (Wildman–Crippen MR) is 112 cm³/mol. The number of likely N-dealkylation sites (N-methyl/N-ethyl adjacent to an activating group) is 1. The van der Waals surface area contributed by atoms with Crippen molar-refractivity contribution < 1.29 is 19.2 Å². The molecule has 31 heavy (non-hydrogen) atoms. The van der Waals surface area contributed by atoms with Gasteiger partial charge in [0.15, 0.2) is 6.04 Å². The first-order valence-electron chi connectivity index (χ1n) is 10.2. The standard InChI is InChI=1S/C22H27N5O4/c1-5-11-31-27-17-12-26(22(27)29)20(21(28)24(2)3)19-18(17)16(23-25(19)4)14-30-13-15-9-7-6-8-10-15/h5-10,17,20H,1,11-14H2,2-4H3/t17-,20-/m0/s1. The fourth-order valence-electron chi connectivity index (χ4n) is 4.19. The van der Waals surface area contributed by atoms with E-state index >= 15 is 0 Å². The van der Waals surface area contributed by atoms with Crippen LogP contribution in [0.5, 0.6) is 0 Å². The third-order valence-electron chi connectivity index (χ3n) is 5.55. The number of ether oxygens (including phenoxy) is 1. The fourth-order valence-corrected chi connectivity index (χ4v) is 4.19. The number of rotatable bonds is 8. The van der Waals surface area contributed by atoms with Crippen molar-refractivity contribution in [3.63, 3.8) is 0 Å². The maximum atomic E-state index is 13.1. The molecule has 2 aromatic rings. The van der Waals surface area contributed by atoms with E-state index in [2.05, 4.69) is 11.7 Å². The number of benzene rings is 1. The summed E-state index contributed by atoms with van der Waals surface area (Å²) in [7, 11) is 5.16. The number of carbonyl (C=O) groups is 2. The van der Waals surface area contributed by atoms with Crippen molar-refractivity contribution in [2.75, 3.05) is 27.2 Å². The molecule has 3 heterocycles. The maximum Gasteiger partial charge on any atom is 0.345 e. The topological polar surface area (TPSA) is 80.1 Å². The third kappa shape index (κ3) is 3.70. The summed E-state index contributed by atoms with van der Waals surface area (Å²) in [4.78, 5) is 34.9. The van der Waals surface area contributed by atoms with Crippen LogP contribution in [0, 0.1) is 0 Å². The lowest BCUT2D eigenvalue weighted by atomic mass is 9.94. The van der Waals surface area contributed by atoms with Gasteiger partial charge in [-0.15, -0.1) is 6.58 Å². The molecular formula is C22H27N5O4. The van der Waals surface area contributed by atoms with Gasteiger partial charge >= 0.3 is 6.03 Å². The first-order valence-corrected chi connectivity index (χ1v) is 10.2. The molecule has 1 aromatic heterocycles. The second-order valence-corrected chi connectivity index (χ2v) is 7.84. The molecule has 2 aliphatic rings. The highest BCUT2D eigenvalue weighted by Gasteiger charge is 2.54. The normalized spacial score (nSPS) is 19.5. The Morgan fingerprint density at radius 2 is 2.03 bits per heavy atom. The van der Waals surface area contributed by atoms with Gasteiger partial charge in [0.05, 0.1) is 37.8 Å². The Hall–Kier alpha value is -3.17. The molecule has 9 nitrogen and oxygen atoms in total. The Bertz CT molecular complexity index is 987. The van der Waals surface area contributed by atoms with Crippen LogP contribution in [0.25, 0.3) is 0 Å². The van der Waals surface area contributed by atoms with E-state index in [4.69, 9.17) is 9.57 Å². The number of hydrogen-bond acceptors (Lipinski definition) is 5. The average Bonchev–Trinajstić information content (AvgIpc) is 3.22. The molecule has 0 unspecified atom stereocenters. The van der Waals surface area contributed by atoms with Crippen molar-refractivity contribution in [1.82, 2.24) is 24.6 Å². The van der Waals surface area contributed by atoms with Crippen LogP contribution in [0.15, 0.2) is 43.0 Å². The molecule has 0 spiro atoms. The van der Waals surface area contributed by atoms with Crippen LogP contribution in [0.2, 0.25) is 0 Å². The van der Waals surface area contributed by atoms with Crippen molar-refractivity contribution in [3.05, 3.63) is 65.5 Å². The zero-order valence-electron chi connectivity index (χ0n) is 18.0. The summed E-state index contributed by atoms with van der Waals surface area (Å²) in [5.41, 5.74) is 3.29. The second kappa shape index (κ2) is 8.52. The minimum absolute atomic E-state index is 0.182. The lowest BCUT2D eigenvalue weighted by molar-refractivity contribution is -0.134. The van der Waals surface area contributed by atoms with Gasteiger partial charge in [-0.25, -0.2) is 4.79 Å². The zero-order valence-corrected chi connectivity index (χ0v) is 18.0. The van der Waals surface area contributed by atoms with E-state index in [1.807, 2.05) is 30.3 Å². The molecule has 2 bridgehead atoms. The molecule has 3 amide bonds. The third-order valence-corrected chi connectivity index (χ3v) is 5.55. The van der Waals surface area contributed by atoms with E-state index < -0.39 is 6.04 Å². The van der Waals surface area contributed by atoms with E-state index in [0.29, 0.717) is 24.5 Å². The quantitative estimate of drug-likeness (QED) is 0.606. The molecule has 1 aromatic carbocycles. The fraction of sp³-hybridized carbons (Fsp3) is 0.409. The van der Waals surface area contributed by atoms with Gasteiger partial charge < -0.3 is 14.5 Å². The van der Waals surface area contributed by atoms with Crippen molar-refractivity contribution in [3.8, 4) is 0 Å². The number of hydrogen-bond donors (Lipinski definition) is 0. The van der Waals surface area contributed by atoms with Crippen molar-refractivity contribution in [2.24, 2.45) is 7.05 Å². The summed E-state index contributed by atoms with van der Waals surface area (Å²) in [5, 5.41) is 5.99. The van der Waals surface area contributed by atoms with Gasteiger partial charge in [-0.05, 0) is 5.56 Å². The van der Waals surface area contributed by atoms with Gasteiger partial charge in [0, 0.05) is 26.7 Å². The molecule has 0 saturated carbocycles. The Kier molecular flexibility index (Phi) is 5.79. The second-order valence-electron chi connectivity index (χ2n) is 7.84. The van der Waals surface area contributed by atoms with E-state index in [-0.39, 0.29) is 31.2 Å². The SMILES string of the molecule is C=CCON1C(=O)N2C[C@H]1c1c(COCc3ccccc3)nn(C)c1[C@H]2C(=O)N(C)C. The Morgan fingerprint density at radius 3 is 2.71 bits per heavy atom. The molecule has 164 valence electrons. The summed E-state index contributed by atoms with van der Waals surface area (Å²) in [6, 6.07) is 8.43. The number of nitrogens with zero attached hydrogens (tertiary/aromatic N) is 5. The van der Waals surface area contributed by atoms with Crippen LogP contribution in [0.1, 0.15) is 34.6 Å². The number of aryl methyl sites for hydroxylation is 1. The van der Waals surface area contributed by atoms with E-state index in [9.17, 15) is 9.59 Å². The molecule has 2 atom stereocenters. The number of amides is 3. The molecule has 0 radical (unpaired) electrons. The predicted octanol–water partition coefficient (Wildman–Crippen LogP) is 2.18. The average molecular weight is 425 g/mol. The highest BCUT2D eigenvalue weighted by Crippen LogP contribution is 2.45. The van der Waals surface area contributed by atoms with Gasteiger partial charge in [-0.1, -0.05) is 36.4 Å². The van der Waals surface area contributed by atoms with Crippen LogP contribution in [0.4, 0.5) is 4.79 Å². The summed E-state index contributed by atoms with van der Waals surface area (Å²) < 4.78 is 7.62. The van der Waals surface area contributed by atoms with Gasteiger partial charge in [-0.2, -0.15) is 10.2 Å². The minimum Gasteiger partial charge on any atom is -0.370 e. The van der Waals surface area contributed by atoms with Crippen molar-refractivity contribution in [1.29, 1.82) is 0 Å². The first-order chi connectivity index (χ1) is 14.9. The van der Waals surface area contributed by atoms with E-state index in [1.165, 1.54) is 9.96 Å². The first kappa shape index (κ1) is 21.1. The zero-order chi connectivity index (χ0) is 22.1. The largest absolute Gasteiger partial charge is 0.370 e. The van der Waals surface area contributed by atoms with Gasteiger partial charge in [0.25, 0.3) is 5.91 Å². The van der Waals surface area contributed by atoms with Crippen LogP contribution in [-0.2, 0) is 34.6 Å². The number of fused-ring (bicyclic) bond motifs is 4. The molecule has 2 aliphatic heterocycles. The number of urea groups is 1. The van der Waals surface area contributed by atoms with Crippen LogP contribution >= 0.6 is 0 Å². The smallest absolute Gasteiger partial charge is 0.345 e. The van der Waals surface area contributed by atoms with Gasteiger partial charge in [-0.3, -0.25) is 14.3 Å². The molecule has 1 fully saturated rings. The lowest BCUT2D eigenvalue weighted by Crippen LogP contribution is -2.44. The number of carbonyl (C=O) groups excluding carboxylic acids is 2. The Morgan fingerprint density at radius 1 is 1.29 bits per heavy atom. The molecule has 1 saturated heterocycles. The Balaban J connectivity index is 1.68. The number of hydroxylamine groups is 2. The summed E-state index contributed by atoms with van der Waals surface area (Å²) in [6.45, 7) is 4.91. The van der Waals surface area contributed by atoms with Crippen LogP contribution < -0.4 is 0 Å². The molecular weight excluding hydrogens is 398 g/mol. The summed E-state index contributed by atoms with van der Waals surface area (Å²) in [6.07, 6.45) is 1.58. The van der Waals surface area contributed by atoms with Crippen LogP contribution in [0.3, 0.4) is 0 Å². The van der Waals surface area contributed by atoms with E-state index in [1.54, 1.807) is 36.8 Å². The molecule has 4 rings (SSSR count). The van der Waals surface area contributed by atoms with E-state index in [0.717, 1.165) is 11.1 Å². The highest BCUT2D eigenvalue weighted by atomic mass is 16.7. The molecule has 0 N–H and O–H groups in total. The van der Waals surface area contributed by atoms with Crippen molar-refractivity contribution in [2.45, 2.75) is 25.3 Å². The monoisotopic (exact) mass is 425 g/mol. The lowest BCUT2D eigenvalue weighted by Gasteiger charge is -2.32. The number of aromatic nitrogens is 2. The maximum absolute atomic E-state index is 13.1. The Labute approximate surface area is 181 Å². The highest BCUT2D eigenvalue weighted by molar-refractivity contribution is 5.90. The van der Waals surface area contributed by atoms with Crippen molar-refractivity contribution >= 4 is 11.9 Å².